The number of pyridine rings is 1. The minimum atomic E-state index is -4.63. The zero-order chi connectivity index (χ0) is 27.0. The van der Waals surface area contributed by atoms with Crippen LogP contribution in [-0.4, -0.2) is 23.3 Å². The standard InChI is InChI=1S/C30H33F3N2O3/c1-16(2)26-24-25(23-21(35-26)12-28(7-4-8-28)13-22(23)36)29(9-10-37-15-17(29)3)38-27(24)18-5-6-20(30(31,32)33)19(11-18)14-34/h5-6,11,16-17,22,27,36H,4,7-10,12-13,15H2,1-3H3. The quantitative estimate of drug-likeness (QED) is 0.476. The molecule has 5 nitrogen and oxygen atoms in total. The molecule has 2 aromatic rings. The van der Waals surface area contributed by atoms with Crippen LogP contribution in [0.15, 0.2) is 18.2 Å². The van der Waals surface area contributed by atoms with Crippen LogP contribution in [0.3, 0.4) is 0 Å². The minimum absolute atomic E-state index is 0.0340. The Bertz CT molecular complexity index is 1330. The fourth-order valence-electron chi connectivity index (χ4n) is 7.37. The number of aliphatic hydroxyl groups is 1. The van der Waals surface area contributed by atoms with Gasteiger partial charge in [-0.1, -0.05) is 33.3 Å². The molecule has 38 heavy (non-hydrogen) atoms. The lowest BCUT2D eigenvalue weighted by Crippen LogP contribution is -2.44. The summed E-state index contributed by atoms with van der Waals surface area (Å²) in [5.41, 5.74) is 2.93. The summed E-state index contributed by atoms with van der Waals surface area (Å²) in [7, 11) is 0. The average Bonchev–Trinajstić information content (AvgIpc) is 3.18. The van der Waals surface area contributed by atoms with Gasteiger partial charge < -0.3 is 14.6 Å². The third kappa shape index (κ3) is 3.73. The van der Waals surface area contributed by atoms with E-state index in [-0.39, 0.29) is 17.3 Å². The van der Waals surface area contributed by atoms with E-state index < -0.39 is 35.1 Å². The fourth-order valence-corrected chi connectivity index (χ4v) is 7.37. The van der Waals surface area contributed by atoms with Crippen molar-refractivity contribution in [1.29, 1.82) is 5.26 Å². The lowest BCUT2D eigenvalue weighted by atomic mass is 9.58. The number of aliphatic hydroxyl groups excluding tert-OH is 1. The SMILES string of the molecule is CC(C)c1nc2c(c3c1C(c1ccc(C(F)(F)F)c(C#N)c1)OC31CCOCC1C)C(O)CC1(CCC1)C2. The van der Waals surface area contributed by atoms with Gasteiger partial charge in [-0.05, 0) is 60.3 Å². The van der Waals surface area contributed by atoms with E-state index in [1.807, 2.05) is 0 Å². The number of aromatic nitrogens is 1. The van der Waals surface area contributed by atoms with Crippen LogP contribution in [0.5, 0.6) is 0 Å². The van der Waals surface area contributed by atoms with Gasteiger partial charge in [-0.3, -0.25) is 4.98 Å². The van der Waals surface area contributed by atoms with Crippen molar-refractivity contribution < 1.29 is 27.8 Å². The van der Waals surface area contributed by atoms with Crippen molar-refractivity contribution in [2.45, 2.75) is 89.2 Å². The molecule has 1 saturated carbocycles. The van der Waals surface area contributed by atoms with E-state index in [4.69, 9.17) is 14.5 Å². The van der Waals surface area contributed by atoms with Crippen molar-refractivity contribution in [3.63, 3.8) is 0 Å². The highest BCUT2D eigenvalue weighted by Crippen LogP contribution is 2.61. The first-order chi connectivity index (χ1) is 18.0. The molecular weight excluding hydrogens is 493 g/mol. The number of hydrogen-bond acceptors (Lipinski definition) is 5. The summed E-state index contributed by atoms with van der Waals surface area (Å²) < 4.78 is 53.5. The number of hydrogen-bond donors (Lipinski definition) is 1. The molecule has 2 aliphatic carbocycles. The van der Waals surface area contributed by atoms with E-state index in [1.165, 1.54) is 18.6 Å². The van der Waals surface area contributed by atoms with Crippen LogP contribution in [0.25, 0.3) is 0 Å². The molecule has 1 aromatic heterocycles. The van der Waals surface area contributed by atoms with Gasteiger partial charge in [-0.2, -0.15) is 18.4 Å². The molecule has 4 unspecified atom stereocenters. The van der Waals surface area contributed by atoms with E-state index in [0.29, 0.717) is 31.6 Å². The summed E-state index contributed by atoms with van der Waals surface area (Å²) in [6.45, 7) is 7.17. The summed E-state index contributed by atoms with van der Waals surface area (Å²) in [5, 5.41) is 21.2. The van der Waals surface area contributed by atoms with Crippen LogP contribution in [0.4, 0.5) is 13.2 Å². The second kappa shape index (κ2) is 8.77. The molecule has 2 aliphatic heterocycles. The molecule has 3 heterocycles. The Hall–Kier alpha value is -2.47. The molecule has 1 N–H and O–H groups in total. The van der Waals surface area contributed by atoms with Gasteiger partial charge in [0.1, 0.15) is 11.7 Å². The van der Waals surface area contributed by atoms with Gasteiger partial charge in [0.2, 0.25) is 0 Å². The molecule has 2 spiro atoms. The molecule has 0 amide bonds. The minimum Gasteiger partial charge on any atom is -0.388 e. The third-order valence-electron chi connectivity index (χ3n) is 9.41. The molecule has 2 fully saturated rings. The Labute approximate surface area is 221 Å². The molecule has 8 heteroatoms. The number of ether oxygens (including phenoxy) is 2. The van der Waals surface area contributed by atoms with E-state index in [9.17, 15) is 23.5 Å². The lowest BCUT2D eigenvalue weighted by molar-refractivity contribution is -0.157. The molecule has 6 rings (SSSR count). The van der Waals surface area contributed by atoms with E-state index in [0.717, 1.165) is 53.4 Å². The maximum absolute atomic E-state index is 13.6. The maximum Gasteiger partial charge on any atom is 0.417 e. The van der Waals surface area contributed by atoms with Crippen LogP contribution in [0.1, 0.15) is 116 Å². The Morgan fingerprint density at radius 1 is 1.18 bits per heavy atom. The topological polar surface area (TPSA) is 75.4 Å². The van der Waals surface area contributed by atoms with Gasteiger partial charge in [-0.15, -0.1) is 0 Å². The van der Waals surface area contributed by atoms with Crippen molar-refractivity contribution >= 4 is 0 Å². The van der Waals surface area contributed by atoms with E-state index >= 15 is 0 Å². The number of fused-ring (bicyclic) bond motifs is 4. The Morgan fingerprint density at radius 3 is 2.55 bits per heavy atom. The molecule has 0 radical (unpaired) electrons. The molecule has 1 saturated heterocycles. The second-order valence-corrected chi connectivity index (χ2v) is 12.1. The van der Waals surface area contributed by atoms with Crippen molar-refractivity contribution in [3.05, 3.63) is 63.0 Å². The fraction of sp³-hybridized carbons (Fsp3) is 0.600. The van der Waals surface area contributed by atoms with Crippen LogP contribution < -0.4 is 0 Å². The highest BCUT2D eigenvalue weighted by atomic mass is 19.4. The number of halogens is 3. The molecule has 1 aromatic carbocycles. The summed E-state index contributed by atoms with van der Waals surface area (Å²) in [4.78, 5) is 5.17. The highest BCUT2D eigenvalue weighted by Gasteiger charge is 2.56. The summed E-state index contributed by atoms with van der Waals surface area (Å²) in [6.07, 6.45) is -0.527. The highest BCUT2D eigenvalue weighted by molar-refractivity contribution is 5.56. The third-order valence-corrected chi connectivity index (χ3v) is 9.41. The largest absolute Gasteiger partial charge is 0.417 e. The maximum atomic E-state index is 13.6. The zero-order valence-electron chi connectivity index (χ0n) is 22.0. The number of alkyl halides is 3. The number of benzene rings is 1. The Morgan fingerprint density at radius 2 is 1.95 bits per heavy atom. The van der Waals surface area contributed by atoms with Gasteiger partial charge in [0.15, 0.2) is 0 Å². The average molecular weight is 527 g/mol. The summed E-state index contributed by atoms with van der Waals surface area (Å²) in [5.74, 6) is -0.00469. The first-order valence-corrected chi connectivity index (χ1v) is 13.6. The van der Waals surface area contributed by atoms with Gasteiger partial charge in [0.05, 0.1) is 29.9 Å². The predicted octanol–water partition coefficient (Wildman–Crippen LogP) is 6.62. The van der Waals surface area contributed by atoms with E-state index in [2.05, 4.69) is 20.8 Å². The number of rotatable bonds is 2. The summed E-state index contributed by atoms with van der Waals surface area (Å²) in [6, 6.07) is 5.44. The zero-order valence-corrected chi connectivity index (χ0v) is 22.0. The second-order valence-electron chi connectivity index (χ2n) is 12.1. The number of nitriles is 1. The molecule has 4 aliphatic rings. The Kier molecular flexibility index (Phi) is 5.95. The lowest BCUT2D eigenvalue weighted by Gasteiger charge is -2.48. The first-order valence-electron chi connectivity index (χ1n) is 13.6. The smallest absolute Gasteiger partial charge is 0.388 e. The van der Waals surface area contributed by atoms with Crippen molar-refractivity contribution in [3.8, 4) is 6.07 Å². The molecule has 202 valence electrons. The van der Waals surface area contributed by atoms with E-state index in [1.54, 1.807) is 6.07 Å². The van der Waals surface area contributed by atoms with Gasteiger partial charge in [0.25, 0.3) is 0 Å². The van der Waals surface area contributed by atoms with Gasteiger partial charge in [-0.25, -0.2) is 0 Å². The summed E-state index contributed by atoms with van der Waals surface area (Å²) >= 11 is 0. The molecule has 4 atom stereocenters. The molecular formula is C30H33F3N2O3. The van der Waals surface area contributed by atoms with Crippen LogP contribution in [0, 0.1) is 22.7 Å². The predicted molar refractivity (Wildman–Crippen MR) is 133 cm³/mol. The van der Waals surface area contributed by atoms with Crippen molar-refractivity contribution in [2.24, 2.45) is 11.3 Å². The van der Waals surface area contributed by atoms with Gasteiger partial charge >= 0.3 is 6.18 Å². The number of nitrogens with zero attached hydrogens (tertiary/aromatic N) is 2. The Balaban J connectivity index is 1.60. The van der Waals surface area contributed by atoms with Crippen LogP contribution >= 0.6 is 0 Å². The normalized spacial score (nSPS) is 29.7. The van der Waals surface area contributed by atoms with Crippen LogP contribution in [0.2, 0.25) is 0 Å². The van der Waals surface area contributed by atoms with Crippen molar-refractivity contribution in [1.82, 2.24) is 4.98 Å². The molecule has 0 bridgehead atoms. The first kappa shape index (κ1) is 25.8. The van der Waals surface area contributed by atoms with Gasteiger partial charge in [0, 0.05) is 41.5 Å². The van der Waals surface area contributed by atoms with Crippen LogP contribution in [-0.2, 0) is 27.7 Å². The monoisotopic (exact) mass is 526 g/mol. The van der Waals surface area contributed by atoms with Crippen molar-refractivity contribution in [2.75, 3.05) is 13.2 Å².